The Labute approximate surface area is 113 Å². The van der Waals surface area contributed by atoms with Gasteiger partial charge in [-0.05, 0) is 20.3 Å². The van der Waals surface area contributed by atoms with Crippen LogP contribution in [0.2, 0.25) is 0 Å². The molecule has 2 saturated heterocycles. The first-order chi connectivity index (χ1) is 8.89. The van der Waals surface area contributed by atoms with Crippen molar-refractivity contribution in [3.63, 3.8) is 0 Å². The lowest BCUT2D eigenvalue weighted by atomic mass is 9.84. The Morgan fingerprint density at radius 2 is 2.26 bits per heavy atom. The van der Waals surface area contributed by atoms with Crippen molar-refractivity contribution in [1.29, 1.82) is 0 Å². The molecule has 4 heteroatoms. The van der Waals surface area contributed by atoms with Crippen LogP contribution in [0.5, 0.6) is 0 Å². The maximum absolute atomic E-state index is 11.7. The summed E-state index contributed by atoms with van der Waals surface area (Å²) in [6.45, 7) is 7.84. The smallest absolute Gasteiger partial charge is 0.334 e. The number of hydrogen-bond donors (Lipinski definition) is 1. The van der Waals surface area contributed by atoms with E-state index in [-0.39, 0.29) is 29.7 Å². The van der Waals surface area contributed by atoms with Gasteiger partial charge in [-0.25, -0.2) is 4.79 Å². The van der Waals surface area contributed by atoms with Crippen LogP contribution < -0.4 is 0 Å². The van der Waals surface area contributed by atoms with Crippen LogP contribution in [-0.2, 0) is 14.3 Å². The molecular weight excluding hydrogens is 244 g/mol. The van der Waals surface area contributed by atoms with Gasteiger partial charge in [-0.1, -0.05) is 18.2 Å². The number of aliphatic hydroxyl groups excluding tert-OH is 1. The van der Waals surface area contributed by atoms with Crippen molar-refractivity contribution >= 4 is 5.97 Å². The third-order valence-corrected chi connectivity index (χ3v) is 4.53. The molecular formula is C15H20O4. The zero-order chi connectivity index (χ0) is 13.8. The van der Waals surface area contributed by atoms with E-state index in [1.807, 2.05) is 19.9 Å². The summed E-state index contributed by atoms with van der Waals surface area (Å²) in [5.74, 6) is -0.247. The second-order valence-electron chi connectivity index (χ2n) is 6.22. The highest BCUT2D eigenvalue weighted by Gasteiger charge is 2.55. The van der Waals surface area contributed by atoms with Gasteiger partial charge in [0.1, 0.15) is 6.10 Å². The first-order valence-corrected chi connectivity index (χ1v) is 6.82. The number of esters is 1. The lowest BCUT2D eigenvalue weighted by Gasteiger charge is -2.20. The molecule has 0 amide bonds. The number of carbonyl (C=O) groups excluding carboxylic acids is 1. The Morgan fingerprint density at radius 1 is 1.53 bits per heavy atom. The van der Waals surface area contributed by atoms with Gasteiger partial charge in [0.2, 0.25) is 0 Å². The van der Waals surface area contributed by atoms with E-state index in [1.165, 1.54) is 0 Å². The average molecular weight is 264 g/mol. The van der Waals surface area contributed by atoms with E-state index in [0.717, 1.165) is 12.0 Å². The summed E-state index contributed by atoms with van der Waals surface area (Å²) in [6.07, 6.45) is 3.31. The van der Waals surface area contributed by atoms with Gasteiger partial charge in [0.15, 0.2) is 0 Å². The predicted octanol–water partition coefficient (Wildman–Crippen LogP) is 1.73. The highest BCUT2D eigenvalue weighted by molar-refractivity contribution is 5.90. The fourth-order valence-corrected chi connectivity index (χ4v) is 3.34. The zero-order valence-corrected chi connectivity index (χ0v) is 11.4. The quantitative estimate of drug-likeness (QED) is 0.313. The maximum Gasteiger partial charge on any atom is 0.334 e. The van der Waals surface area contributed by atoms with Crippen molar-refractivity contribution in [2.75, 3.05) is 0 Å². The molecule has 0 aromatic heterocycles. The molecule has 2 fully saturated rings. The predicted molar refractivity (Wildman–Crippen MR) is 69.4 cm³/mol. The minimum Gasteiger partial charge on any atom is -0.458 e. The van der Waals surface area contributed by atoms with Gasteiger partial charge in [-0.15, -0.1) is 0 Å². The normalized spacial score (nSPS) is 48.7. The molecule has 104 valence electrons. The third-order valence-electron chi connectivity index (χ3n) is 4.53. The molecule has 3 aliphatic rings. The number of hydrogen-bond acceptors (Lipinski definition) is 4. The van der Waals surface area contributed by atoms with Crippen molar-refractivity contribution < 1.29 is 19.4 Å². The summed E-state index contributed by atoms with van der Waals surface area (Å²) >= 11 is 0. The summed E-state index contributed by atoms with van der Waals surface area (Å²) < 4.78 is 11.1. The van der Waals surface area contributed by atoms with E-state index in [0.29, 0.717) is 18.4 Å². The van der Waals surface area contributed by atoms with Crippen molar-refractivity contribution in [3.05, 3.63) is 23.8 Å². The summed E-state index contributed by atoms with van der Waals surface area (Å²) in [7, 11) is 0. The van der Waals surface area contributed by atoms with Crippen LogP contribution in [0.1, 0.15) is 33.1 Å². The fourth-order valence-electron chi connectivity index (χ4n) is 3.34. The van der Waals surface area contributed by atoms with Crippen molar-refractivity contribution in [2.45, 2.75) is 57.0 Å². The molecule has 3 rings (SSSR count). The average Bonchev–Trinajstić information content (AvgIpc) is 2.84. The Hall–Kier alpha value is -1.13. The third kappa shape index (κ3) is 2.23. The molecule has 0 bridgehead atoms. The monoisotopic (exact) mass is 264 g/mol. The number of rotatable bonds is 0. The van der Waals surface area contributed by atoms with Crippen LogP contribution in [0, 0.1) is 5.92 Å². The molecule has 0 aromatic carbocycles. The number of epoxide rings is 1. The summed E-state index contributed by atoms with van der Waals surface area (Å²) in [4.78, 5) is 11.7. The van der Waals surface area contributed by atoms with Crippen molar-refractivity contribution in [2.24, 2.45) is 5.92 Å². The van der Waals surface area contributed by atoms with Crippen molar-refractivity contribution in [1.82, 2.24) is 0 Å². The molecule has 0 spiro atoms. The second kappa shape index (κ2) is 4.18. The number of fused-ring (bicyclic) bond motifs is 2. The first kappa shape index (κ1) is 12.9. The van der Waals surface area contributed by atoms with Gasteiger partial charge in [-0.2, -0.15) is 0 Å². The summed E-state index contributed by atoms with van der Waals surface area (Å²) in [5, 5.41) is 10.0. The molecule has 2 aliphatic heterocycles. The highest BCUT2D eigenvalue weighted by atomic mass is 16.6. The van der Waals surface area contributed by atoms with Crippen LogP contribution in [-0.4, -0.2) is 35.0 Å². The first-order valence-electron chi connectivity index (χ1n) is 6.82. The van der Waals surface area contributed by atoms with Gasteiger partial charge in [0, 0.05) is 24.3 Å². The molecule has 0 aromatic rings. The Morgan fingerprint density at radius 3 is 3.00 bits per heavy atom. The van der Waals surface area contributed by atoms with Gasteiger partial charge < -0.3 is 14.6 Å². The van der Waals surface area contributed by atoms with E-state index >= 15 is 0 Å². The van der Waals surface area contributed by atoms with E-state index < -0.39 is 6.10 Å². The SMILES string of the molecule is C=C1C(=O)O[C@H]2C/C(C)=C/[C@@H](O)C[C@@]3(C)O[C@H]3C[C@H]12. The lowest BCUT2D eigenvalue weighted by Crippen LogP contribution is -2.25. The zero-order valence-electron chi connectivity index (χ0n) is 11.4. The van der Waals surface area contributed by atoms with Crippen molar-refractivity contribution in [3.8, 4) is 0 Å². The number of aliphatic hydroxyl groups is 1. The van der Waals surface area contributed by atoms with E-state index in [4.69, 9.17) is 9.47 Å². The minimum absolute atomic E-state index is 0.0397. The van der Waals surface area contributed by atoms with Gasteiger partial charge in [-0.3, -0.25) is 0 Å². The maximum atomic E-state index is 11.7. The molecule has 2 heterocycles. The molecule has 0 saturated carbocycles. The van der Waals surface area contributed by atoms with Crippen LogP contribution in [0.25, 0.3) is 0 Å². The van der Waals surface area contributed by atoms with E-state index in [2.05, 4.69) is 6.58 Å². The second-order valence-corrected chi connectivity index (χ2v) is 6.22. The van der Waals surface area contributed by atoms with Gasteiger partial charge >= 0.3 is 5.97 Å². The lowest BCUT2D eigenvalue weighted by molar-refractivity contribution is -0.139. The Kier molecular flexibility index (Phi) is 2.84. The fraction of sp³-hybridized carbons (Fsp3) is 0.667. The van der Waals surface area contributed by atoms with Crippen LogP contribution >= 0.6 is 0 Å². The van der Waals surface area contributed by atoms with E-state index in [9.17, 15) is 9.90 Å². The van der Waals surface area contributed by atoms with Crippen LogP contribution in [0.15, 0.2) is 23.8 Å². The Bertz CT molecular complexity index is 467. The molecule has 0 radical (unpaired) electrons. The van der Waals surface area contributed by atoms with Crippen LogP contribution in [0.4, 0.5) is 0 Å². The largest absolute Gasteiger partial charge is 0.458 e. The standard InChI is InChI=1S/C15H20O4/c1-8-4-10(16)7-15(3)13(19-15)6-11-9(2)14(17)18-12(11)5-8/h4,10-13,16H,2,5-7H2,1,3H3/b8-4+/t10-,11-,12+,13+,15-/m1/s1. The molecule has 0 unspecified atom stereocenters. The summed E-state index contributed by atoms with van der Waals surface area (Å²) in [6, 6.07) is 0. The van der Waals surface area contributed by atoms with Gasteiger partial charge in [0.25, 0.3) is 0 Å². The topological polar surface area (TPSA) is 59.1 Å². The Balaban J connectivity index is 1.88. The summed E-state index contributed by atoms with van der Waals surface area (Å²) in [5.41, 5.74) is 1.34. The molecule has 1 aliphatic carbocycles. The number of carbonyl (C=O) groups is 1. The van der Waals surface area contributed by atoms with Crippen LogP contribution in [0.3, 0.4) is 0 Å². The molecule has 1 N–H and O–H groups in total. The number of ether oxygens (including phenoxy) is 2. The highest BCUT2D eigenvalue weighted by Crippen LogP contribution is 2.48. The molecule has 4 nitrogen and oxygen atoms in total. The molecule has 5 atom stereocenters. The van der Waals surface area contributed by atoms with E-state index in [1.54, 1.807) is 0 Å². The van der Waals surface area contributed by atoms with Gasteiger partial charge in [0.05, 0.1) is 17.8 Å². The minimum atomic E-state index is -0.494. The molecule has 19 heavy (non-hydrogen) atoms.